The van der Waals surface area contributed by atoms with Crippen molar-refractivity contribution in [2.45, 2.75) is 64.7 Å². The summed E-state index contributed by atoms with van der Waals surface area (Å²) in [5, 5.41) is 7.56. The second-order valence-corrected chi connectivity index (χ2v) is 18.0. The van der Waals surface area contributed by atoms with Crippen molar-refractivity contribution in [1.82, 2.24) is 0 Å². The van der Waals surface area contributed by atoms with E-state index in [9.17, 15) is 0 Å². The van der Waals surface area contributed by atoms with Crippen LogP contribution in [0.15, 0.2) is 144 Å². The summed E-state index contributed by atoms with van der Waals surface area (Å²) >= 11 is 0. The van der Waals surface area contributed by atoms with Gasteiger partial charge in [-0.15, -0.1) is 0 Å². The summed E-state index contributed by atoms with van der Waals surface area (Å²) in [5.74, 6) is 0. The molecule has 0 unspecified atom stereocenters. The van der Waals surface area contributed by atoms with Gasteiger partial charge in [0.2, 0.25) is 0 Å². The quantitative estimate of drug-likeness (QED) is 0.163. The zero-order valence-electron chi connectivity index (χ0n) is 32.7. The van der Waals surface area contributed by atoms with Gasteiger partial charge in [-0.25, -0.2) is 0 Å². The zero-order valence-corrected chi connectivity index (χ0v) is 32.7. The third kappa shape index (κ3) is 4.25. The van der Waals surface area contributed by atoms with Crippen LogP contribution in [0.4, 0.5) is 0 Å². The third-order valence-electron chi connectivity index (χ3n) is 13.2. The summed E-state index contributed by atoms with van der Waals surface area (Å²) in [7, 11) is 0. The van der Waals surface area contributed by atoms with Crippen LogP contribution in [0.2, 0.25) is 0 Å². The van der Waals surface area contributed by atoms with E-state index in [2.05, 4.69) is 188 Å². The van der Waals surface area contributed by atoms with E-state index in [0.717, 1.165) is 11.2 Å². The van der Waals surface area contributed by atoms with E-state index >= 15 is 0 Å². The second-order valence-electron chi connectivity index (χ2n) is 18.0. The molecule has 0 amide bonds. The number of fused-ring (bicyclic) bond motifs is 14. The van der Waals surface area contributed by atoms with Crippen LogP contribution < -0.4 is 0 Å². The molecule has 0 N–H and O–H groups in total. The van der Waals surface area contributed by atoms with Gasteiger partial charge >= 0.3 is 0 Å². The molecule has 0 bridgehead atoms. The molecule has 266 valence electrons. The Hall–Kier alpha value is -5.92. The lowest BCUT2D eigenvalue weighted by molar-refractivity contribution is 0.590. The monoisotopic (exact) mass is 708 g/mol. The highest BCUT2D eigenvalue weighted by Gasteiger charge is 2.48. The highest BCUT2D eigenvalue weighted by atomic mass is 16.3. The maximum absolute atomic E-state index is 6.97. The minimum Gasteiger partial charge on any atom is -0.455 e. The standard InChI is InChI=1S/C54H44O/c1-52(2,3)33-27-24-31(25-28-33)44-34-16-8-10-18-36(34)45(37-19-11-9-17-35(37)44)32-26-29-39-42(30-32)54(6,7)50-48(39)51-47(40-21-13-15-23-43(40)55-51)46-38-20-12-14-22-41(38)53(4,5)49(46)50/h8-30H,1-7H3. The van der Waals surface area contributed by atoms with Crippen LogP contribution in [0.3, 0.4) is 0 Å². The number of furan rings is 1. The lowest BCUT2D eigenvalue weighted by Gasteiger charge is -2.31. The summed E-state index contributed by atoms with van der Waals surface area (Å²) < 4.78 is 6.97. The number of benzene rings is 8. The fraction of sp³-hybridized carbons (Fsp3) is 0.185. The normalized spacial score (nSPS) is 15.1. The topological polar surface area (TPSA) is 13.1 Å². The minimum absolute atomic E-state index is 0.101. The Morgan fingerprint density at radius 3 is 1.56 bits per heavy atom. The molecule has 0 saturated carbocycles. The summed E-state index contributed by atoms with van der Waals surface area (Å²) in [6, 6.07) is 52.2. The lowest BCUT2D eigenvalue weighted by Crippen LogP contribution is -2.24. The fourth-order valence-corrected chi connectivity index (χ4v) is 10.6. The van der Waals surface area contributed by atoms with E-state index in [0.29, 0.717) is 0 Å². The molecule has 2 aliphatic rings. The SMILES string of the molecule is CC(C)(C)c1ccc(-c2c3ccccc3c(-c3ccc4c(c3)C(C)(C)c3c5c(c6c(oc7ccccc76)c3-4)-c3ccccc3C5(C)C)c3ccccc23)cc1. The van der Waals surface area contributed by atoms with Gasteiger partial charge in [0, 0.05) is 27.2 Å². The maximum Gasteiger partial charge on any atom is 0.144 e. The van der Waals surface area contributed by atoms with E-state index in [-0.39, 0.29) is 16.2 Å². The predicted octanol–water partition coefficient (Wildman–Crippen LogP) is 15.1. The maximum atomic E-state index is 6.97. The predicted molar refractivity (Wildman–Crippen MR) is 233 cm³/mol. The van der Waals surface area contributed by atoms with Crippen molar-refractivity contribution in [3.8, 4) is 44.5 Å². The van der Waals surface area contributed by atoms with Crippen LogP contribution in [0.1, 0.15) is 76.3 Å². The van der Waals surface area contributed by atoms with Crippen LogP contribution in [-0.4, -0.2) is 0 Å². The fourth-order valence-electron chi connectivity index (χ4n) is 10.6. The molecule has 9 aromatic rings. The summed E-state index contributed by atoms with van der Waals surface area (Å²) in [6.45, 7) is 16.6. The van der Waals surface area contributed by atoms with Crippen molar-refractivity contribution < 1.29 is 4.42 Å². The molecule has 55 heavy (non-hydrogen) atoms. The van der Waals surface area contributed by atoms with Crippen molar-refractivity contribution in [2.75, 3.05) is 0 Å². The van der Waals surface area contributed by atoms with Gasteiger partial charge in [0.15, 0.2) is 0 Å². The van der Waals surface area contributed by atoms with E-state index in [4.69, 9.17) is 4.42 Å². The molecule has 11 rings (SSSR count). The first-order chi connectivity index (χ1) is 26.5. The molecular weight excluding hydrogens is 665 g/mol. The van der Waals surface area contributed by atoms with E-state index < -0.39 is 0 Å². The van der Waals surface area contributed by atoms with Gasteiger partial charge in [-0.05, 0) is 106 Å². The van der Waals surface area contributed by atoms with Gasteiger partial charge in [-0.1, -0.05) is 176 Å². The Morgan fingerprint density at radius 1 is 0.436 bits per heavy atom. The Kier molecular flexibility index (Phi) is 6.42. The number of hydrogen-bond acceptors (Lipinski definition) is 1. The molecule has 1 nitrogen and oxygen atoms in total. The summed E-state index contributed by atoms with van der Waals surface area (Å²) in [6.07, 6.45) is 0. The van der Waals surface area contributed by atoms with E-state index in [1.54, 1.807) is 0 Å². The first-order valence-corrected chi connectivity index (χ1v) is 19.8. The molecule has 0 spiro atoms. The molecule has 8 aromatic carbocycles. The van der Waals surface area contributed by atoms with Crippen LogP contribution in [0.25, 0.3) is 88.0 Å². The van der Waals surface area contributed by atoms with Gasteiger partial charge in [0.05, 0.1) is 0 Å². The van der Waals surface area contributed by atoms with Crippen molar-refractivity contribution in [3.05, 3.63) is 167 Å². The van der Waals surface area contributed by atoms with Gasteiger partial charge < -0.3 is 4.42 Å². The zero-order chi connectivity index (χ0) is 37.6. The Labute approximate surface area is 323 Å². The molecule has 0 fully saturated rings. The van der Waals surface area contributed by atoms with Crippen LogP contribution >= 0.6 is 0 Å². The first kappa shape index (κ1) is 32.5. The molecular formula is C54H44O. The molecule has 1 heteroatoms. The van der Waals surface area contributed by atoms with Crippen molar-refractivity contribution in [3.63, 3.8) is 0 Å². The summed E-state index contributed by atoms with van der Waals surface area (Å²) in [4.78, 5) is 0. The Morgan fingerprint density at radius 2 is 0.927 bits per heavy atom. The lowest BCUT2D eigenvalue weighted by atomic mass is 9.72. The minimum atomic E-state index is -0.266. The molecule has 0 aliphatic heterocycles. The summed E-state index contributed by atoms with van der Waals surface area (Å²) in [5.41, 5.74) is 18.9. The molecule has 0 saturated heterocycles. The second kappa shape index (κ2) is 10.9. The van der Waals surface area contributed by atoms with Gasteiger partial charge in [-0.2, -0.15) is 0 Å². The van der Waals surface area contributed by atoms with E-state index in [1.807, 2.05) is 0 Å². The Bertz CT molecular complexity index is 3050. The van der Waals surface area contributed by atoms with Gasteiger partial charge in [0.25, 0.3) is 0 Å². The van der Waals surface area contributed by atoms with Crippen LogP contribution in [0, 0.1) is 0 Å². The molecule has 0 radical (unpaired) electrons. The van der Waals surface area contributed by atoms with Crippen LogP contribution in [0.5, 0.6) is 0 Å². The average molecular weight is 709 g/mol. The third-order valence-corrected chi connectivity index (χ3v) is 13.2. The van der Waals surface area contributed by atoms with Gasteiger partial charge in [-0.3, -0.25) is 0 Å². The van der Waals surface area contributed by atoms with Crippen molar-refractivity contribution >= 4 is 43.5 Å². The highest BCUT2D eigenvalue weighted by molar-refractivity contribution is 6.23. The largest absolute Gasteiger partial charge is 0.455 e. The number of hydrogen-bond donors (Lipinski definition) is 0. The molecule has 0 atom stereocenters. The first-order valence-electron chi connectivity index (χ1n) is 19.8. The smallest absolute Gasteiger partial charge is 0.144 e. The molecule has 1 heterocycles. The van der Waals surface area contributed by atoms with Crippen molar-refractivity contribution in [1.29, 1.82) is 0 Å². The van der Waals surface area contributed by atoms with Crippen LogP contribution in [-0.2, 0) is 16.2 Å². The van der Waals surface area contributed by atoms with E-state index in [1.165, 1.54) is 105 Å². The average Bonchev–Trinajstić information content (AvgIpc) is 3.76. The van der Waals surface area contributed by atoms with Gasteiger partial charge in [0.1, 0.15) is 11.2 Å². The number of rotatable bonds is 2. The molecule has 1 aromatic heterocycles. The molecule has 2 aliphatic carbocycles. The highest BCUT2D eigenvalue weighted by Crippen LogP contribution is 2.63. The Balaban J connectivity index is 1.19. The number of para-hydroxylation sites is 1. The van der Waals surface area contributed by atoms with Crippen molar-refractivity contribution in [2.24, 2.45) is 0 Å².